The van der Waals surface area contributed by atoms with Crippen LogP contribution in [0.2, 0.25) is 0 Å². The Hall–Kier alpha value is -1.34. The molecule has 0 spiro atoms. The molecule has 2 amide bonds. The van der Waals surface area contributed by atoms with Gasteiger partial charge in [-0.3, -0.25) is 0 Å². The third-order valence-corrected chi connectivity index (χ3v) is 4.77. The Morgan fingerprint density at radius 2 is 2.23 bits per heavy atom. The second-order valence-corrected chi connectivity index (χ2v) is 6.66. The van der Waals surface area contributed by atoms with Gasteiger partial charge in [0.15, 0.2) is 5.13 Å². The van der Waals surface area contributed by atoms with E-state index in [1.807, 2.05) is 6.92 Å². The van der Waals surface area contributed by atoms with Gasteiger partial charge in [-0.1, -0.05) is 6.92 Å². The molecule has 1 aliphatic heterocycles. The molecule has 3 N–H and O–H groups in total. The lowest BCUT2D eigenvalue weighted by Gasteiger charge is -2.12. The Labute approximate surface area is 135 Å². The summed E-state index contributed by atoms with van der Waals surface area (Å²) in [6.45, 7) is 5.56. The number of aromatic nitrogens is 1. The Kier molecular flexibility index (Phi) is 6.92. The van der Waals surface area contributed by atoms with Crippen molar-refractivity contribution in [1.82, 2.24) is 15.6 Å². The van der Waals surface area contributed by atoms with Crippen molar-refractivity contribution < 1.29 is 9.90 Å². The van der Waals surface area contributed by atoms with Crippen LogP contribution in [0.5, 0.6) is 0 Å². The van der Waals surface area contributed by atoms with E-state index >= 15 is 0 Å². The molecular weight excluding hydrogens is 300 g/mol. The molecule has 6 nitrogen and oxygen atoms in total. The summed E-state index contributed by atoms with van der Waals surface area (Å²) < 4.78 is 0. The van der Waals surface area contributed by atoms with Crippen LogP contribution in [0.4, 0.5) is 9.93 Å². The smallest absolute Gasteiger partial charge is 0.314 e. The molecule has 1 atom stereocenters. The van der Waals surface area contributed by atoms with Gasteiger partial charge in [-0.05, 0) is 25.2 Å². The second kappa shape index (κ2) is 8.95. The van der Waals surface area contributed by atoms with Crippen LogP contribution in [0.1, 0.15) is 31.9 Å². The molecule has 0 aliphatic carbocycles. The number of nitrogens with one attached hydrogen (secondary N) is 2. The minimum atomic E-state index is -0.153. The van der Waals surface area contributed by atoms with Crippen LogP contribution in [-0.4, -0.2) is 48.9 Å². The highest BCUT2D eigenvalue weighted by atomic mass is 32.1. The number of anilines is 1. The number of amides is 2. The first-order valence-electron chi connectivity index (χ1n) is 8.01. The van der Waals surface area contributed by atoms with Crippen molar-refractivity contribution in [2.24, 2.45) is 5.92 Å². The third kappa shape index (κ3) is 5.46. The van der Waals surface area contributed by atoms with Gasteiger partial charge < -0.3 is 20.6 Å². The number of carbonyl (C=O) groups excluding carboxylic acids is 1. The number of urea groups is 1. The van der Waals surface area contributed by atoms with Crippen molar-refractivity contribution in [1.29, 1.82) is 0 Å². The molecule has 1 fully saturated rings. The molecule has 0 saturated carbocycles. The zero-order valence-electron chi connectivity index (χ0n) is 13.2. The molecule has 0 bridgehead atoms. The van der Waals surface area contributed by atoms with E-state index < -0.39 is 0 Å². The lowest BCUT2D eigenvalue weighted by molar-refractivity contribution is 0.234. The topological polar surface area (TPSA) is 77.5 Å². The molecule has 22 heavy (non-hydrogen) atoms. The van der Waals surface area contributed by atoms with Crippen LogP contribution >= 0.6 is 11.3 Å². The largest absolute Gasteiger partial charge is 0.396 e. The quantitative estimate of drug-likeness (QED) is 0.678. The predicted octanol–water partition coefficient (Wildman–Crippen LogP) is 1.60. The molecule has 2 heterocycles. The van der Waals surface area contributed by atoms with Crippen molar-refractivity contribution in [2.45, 2.75) is 32.6 Å². The fourth-order valence-electron chi connectivity index (χ4n) is 2.42. The average molecular weight is 326 g/mol. The number of aliphatic hydroxyl groups is 1. The van der Waals surface area contributed by atoms with Crippen LogP contribution in [0.15, 0.2) is 5.38 Å². The number of hydrogen-bond acceptors (Lipinski definition) is 5. The summed E-state index contributed by atoms with van der Waals surface area (Å²) in [5.41, 5.74) is 1.04. The summed E-state index contributed by atoms with van der Waals surface area (Å²) in [4.78, 5) is 18.6. The number of aliphatic hydroxyl groups excluding tert-OH is 1. The number of thiazole rings is 1. The lowest BCUT2D eigenvalue weighted by Crippen LogP contribution is -2.38. The van der Waals surface area contributed by atoms with Crippen LogP contribution in [0.3, 0.4) is 0 Å². The molecular formula is C15H26N4O2S. The van der Waals surface area contributed by atoms with Crippen molar-refractivity contribution in [2.75, 3.05) is 37.7 Å². The molecule has 0 radical (unpaired) electrons. The first-order valence-corrected chi connectivity index (χ1v) is 8.89. The van der Waals surface area contributed by atoms with E-state index in [4.69, 9.17) is 5.11 Å². The zero-order chi connectivity index (χ0) is 15.8. The van der Waals surface area contributed by atoms with E-state index in [1.165, 1.54) is 12.8 Å². The summed E-state index contributed by atoms with van der Waals surface area (Å²) in [7, 11) is 0. The van der Waals surface area contributed by atoms with Crippen LogP contribution < -0.4 is 15.5 Å². The molecule has 1 aromatic rings. The summed E-state index contributed by atoms with van der Waals surface area (Å²) in [6, 6.07) is -0.153. The van der Waals surface area contributed by atoms with Crippen LogP contribution in [0.25, 0.3) is 0 Å². The molecule has 1 saturated heterocycles. The minimum absolute atomic E-state index is 0.153. The van der Waals surface area contributed by atoms with Gasteiger partial charge in [-0.15, -0.1) is 11.3 Å². The molecule has 1 aliphatic rings. The predicted molar refractivity (Wildman–Crippen MR) is 89.5 cm³/mol. The van der Waals surface area contributed by atoms with Crippen LogP contribution in [-0.2, 0) is 6.42 Å². The minimum Gasteiger partial charge on any atom is -0.396 e. The van der Waals surface area contributed by atoms with E-state index in [0.29, 0.717) is 19.5 Å². The molecule has 7 heteroatoms. The number of carbonyl (C=O) groups is 1. The van der Waals surface area contributed by atoms with Crippen molar-refractivity contribution in [3.8, 4) is 0 Å². The van der Waals surface area contributed by atoms with Crippen LogP contribution in [0, 0.1) is 5.92 Å². The average Bonchev–Trinajstić information content (AvgIpc) is 3.16. The number of hydrogen-bond donors (Lipinski definition) is 3. The Bertz CT molecular complexity index is 460. The Morgan fingerprint density at radius 1 is 1.45 bits per heavy atom. The van der Waals surface area contributed by atoms with E-state index in [0.717, 1.165) is 30.3 Å². The number of nitrogens with zero attached hydrogens (tertiary/aromatic N) is 2. The lowest BCUT2D eigenvalue weighted by atomic mass is 10.1. The highest BCUT2D eigenvalue weighted by molar-refractivity contribution is 7.13. The highest BCUT2D eigenvalue weighted by Crippen LogP contribution is 2.24. The fraction of sp³-hybridized carbons (Fsp3) is 0.733. The van der Waals surface area contributed by atoms with Gasteiger partial charge in [0, 0.05) is 44.6 Å². The molecule has 2 rings (SSSR count). The van der Waals surface area contributed by atoms with Gasteiger partial charge in [0.1, 0.15) is 0 Å². The third-order valence-electron chi connectivity index (χ3n) is 3.82. The zero-order valence-corrected chi connectivity index (χ0v) is 14.0. The second-order valence-electron chi connectivity index (χ2n) is 5.82. The molecule has 0 aromatic carbocycles. The normalized spacial score (nSPS) is 15.8. The Morgan fingerprint density at radius 3 is 2.95 bits per heavy atom. The van der Waals surface area contributed by atoms with Crippen molar-refractivity contribution in [3.05, 3.63) is 11.1 Å². The molecule has 124 valence electrons. The van der Waals surface area contributed by atoms with E-state index in [1.54, 1.807) is 11.3 Å². The maximum atomic E-state index is 11.6. The van der Waals surface area contributed by atoms with Gasteiger partial charge in [0.2, 0.25) is 0 Å². The van der Waals surface area contributed by atoms with Gasteiger partial charge >= 0.3 is 6.03 Å². The summed E-state index contributed by atoms with van der Waals surface area (Å²) >= 11 is 1.69. The molecule has 1 unspecified atom stereocenters. The van der Waals surface area contributed by atoms with Gasteiger partial charge in [-0.2, -0.15) is 0 Å². The summed E-state index contributed by atoms with van der Waals surface area (Å²) in [6.07, 6.45) is 3.97. The van der Waals surface area contributed by atoms with E-state index in [9.17, 15) is 4.79 Å². The number of rotatable bonds is 8. The Balaban J connectivity index is 1.62. The first-order chi connectivity index (χ1) is 10.7. The van der Waals surface area contributed by atoms with Gasteiger partial charge in [0.05, 0.1) is 5.69 Å². The van der Waals surface area contributed by atoms with E-state index in [2.05, 4.69) is 25.9 Å². The summed E-state index contributed by atoms with van der Waals surface area (Å²) in [5, 5.41) is 17.7. The van der Waals surface area contributed by atoms with Gasteiger partial charge in [-0.25, -0.2) is 9.78 Å². The fourth-order valence-corrected chi connectivity index (χ4v) is 3.33. The van der Waals surface area contributed by atoms with Crippen molar-refractivity contribution in [3.63, 3.8) is 0 Å². The maximum absolute atomic E-state index is 11.6. The summed E-state index contributed by atoms with van der Waals surface area (Å²) in [5.74, 6) is 0.289. The first kappa shape index (κ1) is 17.0. The SMILES string of the molecule is CC(CCO)CNC(=O)NCCc1csc(N2CCCC2)n1. The standard InChI is InChI=1S/C15H26N4O2S/c1-12(5-9-20)10-17-14(21)16-6-4-13-11-22-15(18-13)19-7-2-3-8-19/h11-12,20H,2-10H2,1H3,(H2,16,17,21). The monoisotopic (exact) mass is 326 g/mol. The van der Waals surface area contributed by atoms with Crippen molar-refractivity contribution >= 4 is 22.5 Å². The van der Waals surface area contributed by atoms with Gasteiger partial charge in [0.25, 0.3) is 0 Å². The highest BCUT2D eigenvalue weighted by Gasteiger charge is 2.15. The molecule has 1 aromatic heterocycles. The van der Waals surface area contributed by atoms with E-state index in [-0.39, 0.29) is 18.6 Å². The maximum Gasteiger partial charge on any atom is 0.314 e.